The van der Waals surface area contributed by atoms with Gasteiger partial charge in [-0.2, -0.15) is 8.42 Å². The van der Waals surface area contributed by atoms with Crippen LogP contribution in [-0.4, -0.2) is 32.1 Å². The Kier molecular flexibility index (Phi) is 7.33. The van der Waals surface area contributed by atoms with Crippen molar-refractivity contribution in [2.75, 3.05) is 18.1 Å². The lowest BCUT2D eigenvalue weighted by Gasteiger charge is -2.23. The molecule has 0 aliphatic rings. The zero-order valence-electron chi connectivity index (χ0n) is 15.6. The summed E-state index contributed by atoms with van der Waals surface area (Å²) in [4.78, 5) is 14.1. The predicted molar refractivity (Wildman–Crippen MR) is 103 cm³/mol. The standard InChI is InChI=1S/C19H22F2N2O4S/c1-3-4-11-23(19(24)22-18-10-7-15(20)12-17(18)21)13-14-5-8-16(9-6-14)27-28(2,25)26/h5-10,12H,3-4,11,13H2,1-2H3,(H,22,24). The molecule has 0 unspecified atom stereocenters. The van der Waals surface area contributed by atoms with Crippen molar-refractivity contribution in [3.8, 4) is 5.75 Å². The van der Waals surface area contributed by atoms with Gasteiger partial charge >= 0.3 is 16.1 Å². The van der Waals surface area contributed by atoms with E-state index in [9.17, 15) is 22.0 Å². The van der Waals surface area contributed by atoms with E-state index in [1.165, 1.54) is 17.0 Å². The molecular formula is C19H22F2N2O4S. The van der Waals surface area contributed by atoms with Gasteiger partial charge in [0, 0.05) is 19.2 Å². The summed E-state index contributed by atoms with van der Waals surface area (Å²) in [6, 6.07) is 8.68. The highest BCUT2D eigenvalue weighted by Gasteiger charge is 2.16. The minimum Gasteiger partial charge on any atom is -0.383 e. The maximum Gasteiger partial charge on any atom is 0.322 e. The van der Waals surface area contributed by atoms with E-state index >= 15 is 0 Å². The summed E-state index contributed by atoms with van der Waals surface area (Å²) >= 11 is 0. The summed E-state index contributed by atoms with van der Waals surface area (Å²) in [6.07, 6.45) is 2.55. The molecule has 0 aliphatic carbocycles. The lowest BCUT2D eigenvalue weighted by Crippen LogP contribution is -2.35. The second kappa shape index (κ2) is 9.50. The number of anilines is 1. The smallest absolute Gasteiger partial charge is 0.322 e. The molecule has 0 bridgehead atoms. The molecule has 0 saturated heterocycles. The number of carbonyl (C=O) groups excluding carboxylic acids is 1. The highest BCUT2D eigenvalue weighted by molar-refractivity contribution is 7.86. The van der Waals surface area contributed by atoms with Crippen LogP contribution in [0, 0.1) is 11.6 Å². The third-order valence-electron chi connectivity index (χ3n) is 3.79. The maximum atomic E-state index is 13.8. The Balaban J connectivity index is 2.10. The van der Waals surface area contributed by atoms with Crippen LogP contribution >= 0.6 is 0 Å². The van der Waals surface area contributed by atoms with E-state index in [0.29, 0.717) is 12.6 Å². The third-order valence-corrected chi connectivity index (χ3v) is 4.28. The van der Waals surface area contributed by atoms with Crippen molar-refractivity contribution in [3.63, 3.8) is 0 Å². The Hall–Kier alpha value is -2.68. The van der Waals surface area contributed by atoms with Gasteiger partial charge in [-0.1, -0.05) is 25.5 Å². The van der Waals surface area contributed by atoms with E-state index in [0.717, 1.165) is 36.8 Å². The first-order chi connectivity index (χ1) is 13.2. The molecule has 0 aliphatic heterocycles. The molecule has 0 fully saturated rings. The minimum atomic E-state index is -3.62. The third kappa shape index (κ3) is 6.80. The molecule has 6 nitrogen and oxygen atoms in total. The molecular weight excluding hydrogens is 390 g/mol. The van der Waals surface area contributed by atoms with Crippen molar-refractivity contribution < 1.29 is 26.2 Å². The molecule has 152 valence electrons. The number of nitrogens with one attached hydrogen (secondary N) is 1. The average Bonchev–Trinajstić information content (AvgIpc) is 2.61. The van der Waals surface area contributed by atoms with Crippen molar-refractivity contribution in [2.24, 2.45) is 0 Å². The molecule has 2 rings (SSSR count). The number of benzene rings is 2. The number of hydrogen-bond donors (Lipinski definition) is 1. The topological polar surface area (TPSA) is 75.7 Å². The predicted octanol–water partition coefficient (Wildman–Crippen LogP) is 4.14. The van der Waals surface area contributed by atoms with Crippen LogP contribution in [0.15, 0.2) is 42.5 Å². The molecule has 1 N–H and O–H groups in total. The van der Waals surface area contributed by atoms with Gasteiger partial charge in [-0.25, -0.2) is 13.6 Å². The molecule has 0 spiro atoms. The molecule has 0 atom stereocenters. The van der Waals surface area contributed by atoms with Gasteiger partial charge in [-0.3, -0.25) is 0 Å². The monoisotopic (exact) mass is 412 g/mol. The van der Waals surface area contributed by atoms with Crippen molar-refractivity contribution in [1.82, 2.24) is 4.90 Å². The molecule has 0 radical (unpaired) electrons. The fourth-order valence-electron chi connectivity index (χ4n) is 2.43. The van der Waals surface area contributed by atoms with Crippen LogP contribution in [0.2, 0.25) is 0 Å². The maximum absolute atomic E-state index is 13.8. The zero-order chi connectivity index (χ0) is 20.7. The summed E-state index contributed by atoms with van der Waals surface area (Å²) in [6.45, 7) is 2.65. The fourth-order valence-corrected chi connectivity index (χ4v) is 2.89. The van der Waals surface area contributed by atoms with Gasteiger partial charge < -0.3 is 14.4 Å². The number of unbranched alkanes of at least 4 members (excludes halogenated alkanes) is 1. The van der Waals surface area contributed by atoms with Crippen LogP contribution < -0.4 is 9.50 Å². The molecule has 0 heterocycles. The van der Waals surface area contributed by atoms with Crippen LogP contribution in [0.25, 0.3) is 0 Å². The quantitative estimate of drug-likeness (QED) is 0.662. The van der Waals surface area contributed by atoms with Crippen molar-refractivity contribution in [3.05, 3.63) is 59.7 Å². The molecule has 0 saturated carbocycles. The van der Waals surface area contributed by atoms with Crippen molar-refractivity contribution >= 4 is 21.8 Å². The number of hydrogen-bond acceptors (Lipinski definition) is 4. The van der Waals surface area contributed by atoms with Gasteiger partial charge in [0.1, 0.15) is 17.4 Å². The number of halogens is 2. The van der Waals surface area contributed by atoms with E-state index in [-0.39, 0.29) is 18.0 Å². The van der Waals surface area contributed by atoms with Crippen LogP contribution in [0.5, 0.6) is 5.75 Å². The normalized spacial score (nSPS) is 11.1. The Labute approximate surface area is 163 Å². The minimum absolute atomic E-state index is 0.107. The number of nitrogens with zero attached hydrogens (tertiary/aromatic N) is 1. The second-order valence-corrected chi connectivity index (χ2v) is 7.84. The Morgan fingerprint density at radius 3 is 2.39 bits per heavy atom. The van der Waals surface area contributed by atoms with Gasteiger partial charge in [0.2, 0.25) is 0 Å². The van der Waals surface area contributed by atoms with E-state index in [2.05, 4.69) is 5.32 Å². The van der Waals surface area contributed by atoms with Gasteiger partial charge in [0.25, 0.3) is 0 Å². The number of urea groups is 1. The summed E-state index contributed by atoms with van der Waals surface area (Å²) in [5.41, 5.74) is 0.636. The molecule has 2 aromatic rings. The van der Waals surface area contributed by atoms with Gasteiger partial charge in [0.05, 0.1) is 11.9 Å². The molecule has 9 heteroatoms. The largest absolute Gasteiger partial charge is 0.383 e. The first kappa shape index (κ1) is 21.6. The van der Waals surface area contributed by atoms with E-state index < -0.39 is 27.8 Å². The van der Waals surface area contributed by atoms with E-state index in [1.807, 2.05) is 6.92 Å². The van der Waals surface area contributed by atoms with E-state index in [4.69, 9.17) is 4.18 Å². The van der Waals surface area contributed by atoms with E-state index in [1.54, 1.807) is 12.1 Å². The van der Waals surface area contributed by atoms with Crippen LogP contribution in [0.3, 0.4) is 0 Å². The summed E-state index contributed by atoms with van der Waals surface area (Å²) < 4.78 is 53.9. The molecule has 28 heavy (non-hydrogen) atoms. The lowest BCUT2D eigenvalue weighted by atomic mass is 10.2. The second-order valence-electron chi connectivity index (χ2n) is 6.26. The first-order valence-electron chi connectivity index (χ1n) is 8.67. The zero-order valence-corrected chi connectivity index (χ0v) is 16.4. The van der Waals surface area contributed by atoms with Crippen molar-refractivity contribution in [1.29, 1.82) is 0 Å². The number of carbonyl (C=O) groups is 1. The van der Waals surface area contributed by atoms with Gasteiger partial charge in [0.15, 0.2) is 0 Å². The van der Waals surface area contributed by atoms with Gasteiger partial charge in [-0.05, 0) is 36.2 Å². The fraction of sp³-hybridized carbons (Fsp3) is 0.316. The SMILES string of the molecule is CCCCN(Cc1ccc(OS(C)(=O)=O)cc1)C(=O)Nc1ccc(F)cc1F. The molecule has 2 amide bonds. The first-order valence-corrected chi connectivity index (χ1v) is 10.5. The Morgan fingerprint density at radius 1 is 1.14 bits per heavy atom. The number of rotatable bonds is 8. The van der Waals surface area contributed by atoms with Crippen LogP contribution in [0.4, 0.5) is 19.3 Å². The molecule has 0 aromatic heterocycles. The van der Waals surface area contributed by atoms with Crippen LogP contribution in [-0.2, 0) is 16.7 Å². The summed E-state index contributed by atoms with van der Waals surface area (Å²) in [5, 5.41) is 2.45. The average molecular weight is 412 g/mol. The molecule has 2 aromatic carbocycles. The Morgan fingerprint density at radius 2 is 1.82 bits per heavy atom. The Bertz CT molecular complexity index is 918. The van der Waals surface area contributed by atoms with Crippen LogP contribution in [0.1, 0.15) is 25.3 Å². The summed E-state index contributed by atoms with van der Waals surface area (Å²) in [7, 11) is -3.62. The summed E-state index contributed by atoms with van der Waals surface area (Å²) in [5.74, 6) is -1.41. The van der Waals surface area contributed by atoms with Crippen molar-refractivity contribution in [2.45, 2.75) is 26.3 Å². The van der Waals surface area contributed by atoms with Gasteiger partial charge in [-0.15, -0.1) is 0 Å². The number of amides is 2. The lowest BCUT2D eigenvalue weighted by molar-refractivity contribution is 0.208. The highest BCUT2D eigenvalue weighted by atomic mass is 32.2. The highest BCUT2D eigenvalue weighted by Crippen LogP contribution is 2.18.